The van der Waals surface area contributed by atoms with Gasteiger partial charge in [0, 0.05) is 31.0 Å². The summed E-state index contributed by atoms with van der Waals surface area (Å²) >= 11 is 0. The van der Waals surface area contributed by atoms with Gasteiger partial charge in [0.25, 0.3) is 0 Å². The minimum absolute atomic E-state index is 0.128. The molecule has 1 aliphatic rings. The summed E-state index contributed by atoms with van der Waals surface area (Å²) < 4.78 is 31.5. The molecule has 10 nitrogen and oxygen atoms in total. The van der Waals surface area contributed by atoms with Gasteiger partial charge in [0.2, 0.25) is 17.7 Å². The second kappa shape index (κ2) is 19.3. The highest BCUT2D eigenvalue weighted by molar-refractivity contribution is 5.90. The summed E-state index contributed by atoms with van der Waals surface area (Å²) in [7, 11) is 0. The van der Waals surface area contributed by atoms with Crippen LogP contribution in [0.2, 0.25) is 0 Å². The van der Waals surface area contributed by atoms with E-state index in [0.29, 0.717) is 38.1 Å². The van der Waals surface area contributed by atoms with Gasteiger partial charge in [-0.1, -0.05) is 62.4 Å². The molecule has 1 aromatic carbocycles. The lowest BCUT2D eigenvalue weighted by Crippen LogP contribution is -2.50. The van der Waals surface area contributed by atoms with Crippen molar-refractivity contribution in [1.82, 2.24) is 16.1 Å². The third kappa shape index (κ3) is 14.5. The number of carbonyl (C=O) groups excluding carboxylic acids is 4. The molecule has 0 aliphatic heterocycles. The quantitative estimate of drug-likeness (QED) is 0.187. The molecule has 0 unspecified atom stereocenters. The number of aromatic amines is 1. The van der Waals surface area contributed by atoms with E-state index in [9.17, 15) is 27.6 Å². The largest absolute Gasteiger partial charge is 0.542 e. The lowest BCUT2D eigenvalue weighted by Gasteiger charge is -2.28. The standard InChI is InChI=1S/C29H40N4O4.C2HF3O2/c34-27(33-37)21-25(13-7-12-23-14-17-30-18-15-23)28(35)32-26(20-24-10-5-2-6-11-24)29(36)31-19-16-22-8-3-1-4-9-22;3-2(4,5)1(6)7/h1,3-4,8-9,14-15,17-18,24-26,37H,2,5-7,10-13,16,19-21H2,(H,31,36)(H,32,35)(H,33,34);(H,6,7)/t25-,26+;/m1./s1. The highest BCUT2D eigenvalue weighted by Crippen LogP contribution is 2.28. The molecule has 3 rings (SSSR count). The molecule has 44 heavy (non-hydrogen) atoms. The van der Waals surface area contributed by atoms with Crippen molar-refractivity contribution in [3.63, 3.8) is 0 Å². The number of aliphatic carboxylic acids is 1. The number of benzene rings is 1. The van der Waals surface area contributed by atoms with Crippen LogP contribution in [0.4, 0.5) is 13.2 Å². The molecule has 0 bridgehead atoms. The molecule has 1 aliphatic carbocycles. The van der Waals surface area contributed by atoms with Gasteiger partial charge < -0.3 is 20.5 Å². The zero-order valence-corrected chi connectivity index (χ0v) is 24.5. The van der Waals surface area contributed by atoms with Crippen LogP contribution in [0.3, 0.4) is 0 Å². The monoisotopic (exact) mass is 622 g/mol. The predicted octanol–water partition coefficient (Wildman–Crippen LogP) is 2.45. The van der Waals surface area contributed by atoms with Crippen molar-refractivity contribution in [3.05, 3.63) is 66.0 Å². The van der Waals surface area contributed by atoms with Crippen LogP contribution in [-0.4, -0.2) is 47.7 Å². The fourth-order valence-electron chi connectivity index (χ4n) is 5.11. The molecular weight excluding hydrogens is 581 g/mol. The average Bonchev–Trinajstić information content (AvgIpc) is 3.01. The van der Waals surface area contributed by atoms with Crippen LogP contribution in [0.25, 0.3) is 0 Å². The fraction of sp³-hybridized carbons (Fsp3) is 0.516. The summed E-state index contributed by atoms with van der Waals surface area (Å²) in [5.74, 6) is -4.34. The lowest BCUT2D eigenvalue weighted by atomic mass is 9.84. The number of alkyl halides is 3. The van der Waals surface area contributed by atoms with Crippen molar-refractivity contribution in [2.45, 2.75) is 82.8 Å². The Morgan fingerprint density at radius 1 is 0.932 bits per heavy atom. The molecule has 1 aromatic heterocycles. The number of hydrogen-bond donors (Lipinski definition) is 4. The zero-order chi connectivity index (χ0) is 32.4. The van der Waals surface area contributed by atoms with Gasteiger partial charge in [-0.05, 0) is 49.1 Å². The van der Waals surface area contributed by atoms with Gasteiger partial charge in [0.15, 0.2) is 12.4 Å². The van der Waals surface area contributed by atoms with Crippen LogP contribution >= 0.6 is 0 Å². The molecule has 2 atom stereocenters. The molecule has 1 fully saturated rings. The second-order valence-corrected chi connectivity index (χ2v) is 10.8. The highest BCUT2D eigenvalue weighted by atomic mass is 19.4. The van der Waals surface area contributed by atoms with Gasteiger partial charge in [-0.2, -0.15) is 13.2 Å². The second-order valence-electron chi connectivity index (χ2n) is 10.8. The van der Waals surface area contributed by atoms with E-state index in [-0.39, 0.29) is 18.2 Å². The van der Waals surface area contributed by atoms with E-state index >= 15 is 0 Å². The summed E-state index contributed by atoms with van der Waals surface area (Å²) in [6, 6.07) is 13.3. The number of H-pyrrole nitrogens is 1. The van der Waals surface area contributed by atoms with E-state index in [2.05, 4.69) is 15.6 Å². The van der Waals surface area contributed by atoms with Crippen molar-refractivity contribution in [2.24, 2.45) is 11.8 Å². The molecule has 13 heteroatoms. The maximum absolute atomic E-state index is 13.3. The number of hydrogen-bond acceptors (Lipinski definition) is 6. The maximum Gasteiger partial charge on any atom is 0.430 e. The molecule has 0 saturated heterocycles. The van der Waals surface area contributed by atoms with Gasteiger partial charge >= 0.3 is 6.18 Å². The molecular formula is C31H41F3N4O6. The first-order valence-electron chi connectivity index (χ1n) is 14.8. The number of hydroxylamine groups is 1. The SMILES string of the molecule is O=C(C[C@@H](CCCc1cc[nH+]cc1)C(=O)N[C@@H](CC1CCCCC1)C(=O)NCCc1ccccc1)NO.O=C([O-])C(F)(F)F. The Kier molecular flexibility index (Phi) is 15.9. The maximum atomic E-state index is 13.3. The molecule has 0 radical (unpaired) electrons. The normalized spacial score (nSPS) is 14.7. The van der Waals surface area contributed by atoms with Gasteiger partial charge in [0.1, 0.15) is 12.0 Å². The first kappa shape index (κ1) is 36.2. The van der Waals surface area contributed by atoms with Crippen LogP contribution in [0, 0.1) is 11.8 Å². The number of amides is 3. The van der Waals surface area contributed by atoms with Crippen molar-refractivity contribution in [2.75, 3.05) is 6.54 Å². The summed E-state index contributed by atoms with van der Waals surface area (Å²) in [5, 5.41) is 23.8. The Labute approximate surface area is 254 Å². The Balaban J connectivity index is 0.000000860. The van der Waals surface area contributed by atoms with E-state index < -0.39 is 30.0 Å². The zero-order valence-electron chi connectivity index (χ0n) is 24.5. The molecule has 2 aromatic rings. The number of carboxylic acids is 1. The molecule has 0 spiro atoms. The van der Waals surface area contributed by atoms with Crippen LogP contribution in [0.1, 0.15) is 68.9 Å². The van der Waals surface area contributed by atoms with E-state index in [1.807, 2.05) is 54.9 Å². The van der Waals surface area contributed by atoms with Gasteiger partial charge in [0.05, 0.1) is 0 Å². The molecule has 242 valence electrons. The topological polar surface area (TPSA) is 162 Å². The highest BCUT2D eigenvalue weighted by Gasteiger charge is 2.30. The molecule has 1 saturated carbocycles. The number of carbonyl (C=O) groups is 4. The fourth-order valence-corrected chi connectivity index (χ4v) is 5.11. The van der Waals surface area contributed by atoms with Gasteiger partial charge in [-0.25, -0.2) is 10.5 Å². The average molecular weight is 623 g/mol. The van der Waals surface area contributed by atoms with E-state index in [4.69, 9.17) is 15.1 Å². The van der Waals surface area contributed by atoms with Crippen molar-refractivity contribution in [1.29, 1.82) is 0 Å². The Morgan fingerprint density at radius 2 is 1.55 bits per heavy atom. The molecule has 3 amide bonds. The first-order valence-corrected chi connectivity index (χ1v) is 14.8. The number of aryl methyl sites for hydroxylation is 1. The van der Waals surface area contributed by atoms with Crippen LogP contribution in [0.5, 0.6) is 0 Å². The number of pyridine rings is 1. The van der Waals surface area contributed by atoms with Crippen molar-refractivity contribution in [3.8, 4) is 0 Å². The molecule has 5 N–H and O–H groups in total. The first-order chi connectivity index (χ1) is 21.0. The number of nitrogens with one attached hydrogen (secondary N) is 4. The molecule has 1 heterocycles. The number of halogens is 3. The Hall–Kier alpha value is -4.00. The minimum atomic E-state index is -5.19. The van der Waals surface area contributed by atoms with Gasteiger partial charge in [-0.3, -0.25) is 19.6 Å². The number of aromatic nitrogens is 1. The van der Waals surface area contributed by atoms with Crippen molar-refractivity contribution >= 4 is 23.7 Å². The van der Waals surface area contributed by atoms with Crippen LogP contribution in [-0.2, 0) is 32.0 Å². The summed E-state index contributed by atoms with van der Waals surface area (Å²) in [4.78, 5) is 50.2. The predicted molar refractivity (Wildman–Crippen MR) is 151 cm³/mol. The number of rotatable bonds is 14. The summed E-state index contributed by atoms with van der Waals surface area (Å²) in [5.41, 5.74) is 3.92. The Bertz CT molecular complexity index is 1160. The van der Waals surface area contributed by atoms with E-state index in [0.717, 1.165) is 43.2 Å². The van der Waals surface area contributed by atoms with Crippen molar-refractivity contribution < 1.29 is 47.6 Å². The number of carboxylic acid groups (broad SMARTS) is 1. The van der Waals surface area contributed by atoms with Gasteiger partial charge in [-0.15, -0.1) is 0 Å². The summed E-state index contributed by atoms with van der Waals surface area (Å²) in [6.07, 6.45) is 7.29. The third-order valence-electron chi connectivity index (χ3n) is 7.45. The lowest BCUT2D eigenvalue weighted by molar-refractivity contribution is -0.378. The van der Waals surface area contributed by atoms with E-state index in [1.165, 1.54) is 6.42 Å². The third-order valence-corrected chi connectivity index (χ3v) is 7.45. The van der Waals surface area contributed by atoms with Crippen LogP contribution < -0.4 is 26.2 Å². The van der Waals surface area contributed by atoms with E-state index in [1.54, 1.807) is 5.48 Å². The summed E-state index contributed by atoms with van der Waals surface area (Å²) in [6.45, 7) is 0.491. The minimum Gasteiger partial charge on any atom is -0.542 e. The van der Waals surface area contributed by atoms with Crippen LogP contribution in [0.15, 0.2) is 54.9 Å². The Morgan fingerprint density at radius 3 is 2.14 bits per heavy atom. The smallest absolute Gasteiger partial charge is 0.430 e.